The quantitative estimate of drug-likeness (QED) is 0.785. The number of benzene rings is 2. The van der Waals surface area contributed by atoms with Crippen LogP contribution in [0, 0.1) is 0 Å². The van der Waals surface area contributed by atoms with E-state index < -0.39 is 5.97 Å². The third-order valence-corrected chi connectivity index (χ3v) is 4.80. The van der Waals surface area contributed by atoms with Gasteiger partial charge < -0.3 is 9.84 Å². The molecular weight excluding hydrogens is 304 g/mol. The predicted molar refractivity (Wildman–Crippen MR) is 86.9 cm³/mol. The number of carbonyl (C=O) groups is 1. The lowest BCUT2D eigenvalue weighted by Gasteiger charge is -2.10. The van der Waals surface area contributed by atoms with Crippen molar-refractivity contribution in [1.29, 1.82) is 0 Å². The molecule has 110 valence electrons. The lowest BCUT2D eigenvalue weighted by molar-refractivity contribution is 0.0689. The summed E-state index contributed by atoms with van der Waals surface area (Å²) in [5.74, 6) is 0.743. The number of hydrogen-bond acceptors (Lipinski definition) is 4. The van der Waals surface area contributed by atoms with E-state index >= 15 is 0 Å². The molecule has 0 unspecified atom stereocenters. The number of aromatic carboxylic acids is 1. The second-order valence-electron chi connectivity index (χ2n) is 4.15. The molecule has 0 atom stereocenters. The topological polar surface area (TPSA) is 46.5 Å². The van der Waals surface area contributed by atoms with Crippen LogP contribution in [0.4, 0.5) is 0 Å². The van der Waals surface area contributed by atoms with Gasteiger partial charge in [-0.15, -0.1) is 11.8 Å². The van der Waals surface area contributed by atoms with Crippen molar-refractivity contribution in [2.75, 3.05) is 12.9 Å². The summed E-state index contributed by atoms with van der Waals surface area (Å²) in [6.45, 7) is 2.01. The van der Waals surface area contributed by atoms with Crippen molar-refractivity contribution >= 4 is 29.5 Å². The Hall–Kier alpha value is -1.59. The van der Waals surface area contributed by atoms with Crippen molar-refractivity contribution in [2.45, 2.75) is 21.6 Å². The van der Waals surface area contributed by atoms with Gasteiger partial charge in [-0.25, -0.2) is 4.79 Å². The zero-order valence-electron chi connectivity index (χ0n) is 11.8. The zero-order chi connectivity index (χ0) is 15.2. The predicted octanol–water partition coefficient (Wildman–Crippen LogP) is 4.66. The minimum Gasteiger partial charge on any atom is -0.497 e. The maximum atomic E-state index is 11.6. The van der Waals surface area contributed by atoms with Gasteiger partial charge in [0.25, 0.3) is 0 Å². The van der Waals surface area contributed by atoms with Crippen LogP contribution < -0.4 is 4.74 Å². The fraction of sp³-hybridized carbons (Fsp3) is 0.188. The van der Waals surface area contributed by atoms with Gasteiger partial charge in [-0.2, -0.15) is 0 Å². The lowest BCUT2D eigenvalue weighted by Crippen LogP contribution is -2.01. The second kappa shape index (κ2) is 7.43. The maximum absolute atomic E-state index is 11.6. The van der Waals surface area contributed by atoms with Crippen LogP contribution in [0.1, 0.15) is 17.3 Å². The highest BCUT2D eigenvalue weighted by molar-refractivity contribution is 8.00. The highest BCUT2D eigenvalue weighted by atomic mass is 32.2. The minimum atomic E-state index is -0.887. The normalized spacial score (nSPS) is 10.4. The van der Waals surface area contributed by atoms with Crippen molar-refractivity contribution in [3.05, 3.63) is 48.0 Å². The van der Waals surface area contributed by atoms with E-state index in [1.165, 1.54) is 11.8 Å². The Morgan fingerprint density at radius 1 is 1.14 bits per heavy atom. The van der Waals surface area contributed by atoms with E-state index in [0.717, 1.165) is 26.2 Å². The molecular formula is C16H16O3S2. The average Bonchev–Trinajstić information content (AvgIpc) is 2.48. The molecule has 0 aliphatic heterocycles. The number of thioether (sulfide) groups is 1. The Bertz CT molecular complexity index is 624. The van der Waals surface area contributed by atoms with E-state index in [9.17, 15) is 9.90 Å². The number of hydrogen-bond donors (Lipinski definition) is 1. The van der Waals surface area contributed by atoms with Gasteiger partial charge in [-0.05, 0) is 42.2 Å². The van der Waals surface area contributed by atoms with Crippen LogP contribution in [-0.4, -0.2) is 23.9 Å². The minimum absolute atomic E-state index is 0.380. The van der Waals surface area contributed by atoms with Gasteiger partial charge in [0.1, 0.15) is 5.75 Å². The smallest absolute Gasteiger partial charge is 0.337 e. The van der Waals surface area contributed by atoms with Gasteiger partial charge in [-0.1, -0.05) is 24.8 Å². The summed E-state index contributed by atoms with van der Waals surface area (Å²) in [6, 6.07) is 13.2. The van der Waals surface area contributed by atoms with Crippen molar-refractivity contribution in [3.8, 4) is 5.75 Å². The van der Waals surface area contributed by atoms with E-state index in [1.807, 2.05) is 49.4 Å². The van der Waals surface area contributed by atoms with Crippen LogP contribution in [0.25, 0.3) is 0 Å². The molecule has 2 aromatic rings. The molecule has 0 spiro atoms. The molecule has 0 bridgehead atoms. The number of carboxylic acid groups (broad SMARTS) is 1. The molecule has 0 aliphatic rings. The second-order valence-corrected chi connectivity index (χ2v) is 6.57. The van der Waals surface area contributed by atoms with Crippen molar-refractivity contribution in [2.24, 2.45) is 0 Å². The summed E-state index contributed by atoms with van der Waals surface area (Å²) < 4.78 is 5.13. The highest BCUT2D eigenvalue weighted by Crippen LogP contribution is 2.36. The van der Waals surface area contributed by atoms with Crippen LogP contribution in [0.2, 0.25) is 0 Å². The van der Waals surface area contributed by atoms with Crippen LogP contribution in [0.5, 0.6) is 5.75 Å². The number of rotatable bonds is 6. The highest BCUT2D eigenvalue weighted by Gasteiger charge is 2.16. The van der Waals surface area contributed by atoms with Gasteiger partial charge in [0, 0.05) is 14.7 Å². The van der Waals surface area contributed by atoms with Crippen molar-refractivity contribution in [1.82, 2.24) is 0 Å². The van der Waals surface area contributed by atoms with Gasteiger partial charge in [0.15, 0.2) is 0 Å². The first-order chi connectivity index (χ1) is 10.2. The van der Waals surface area contributed by atoms with Crippen LogP contribution in [0.15, 0.2) is 57.2 Å². The van der Waals surface area contributed by atoms with E-state index in [4.69, 9.17) is 4.74 Å². The Kier molecular flexibility index (Phi) is 5.59. The molecule has 0 heterocycles. The summed E-state index contributed by atoms with van der Waals surface area (Å²) in [7, 11) is 1.62. The Morgan fingerprint density at radius 3 is 2.38 bits per heavy atom. The van der Waals surface area contributed by atoms with E-state index in [0.29, 0.717) is 5.56 Å². The molecule has 0 aromatic heterocycles. The van der Waals surface area contributed by atoms with Gasteiger partial charge in [0.05, 0.1) is 12.7 Å². The van der Waals surface area contributed by atoms with Crippen LogP contribution >= 0.6 is 23.5 Å². The molecule has 1 N–H and O–H groups in total. The third kappa shape index (κ3) is 3.95. The fourth-order valence-electron chi connectivity index (χ4n) is 1.85. The molecule has 5 heteroatoms. The number of ether oxygens (including phenoxy) is 1. The molecule has 0 radical (unpaired) electrons. The number of carboxylic acids is 1. The van der Waals surface area contributed by atoms with Gasteiger partial charge >= 0.3 is 5.97 Å². The van der Waals surface area contributed by atoms with Crippen LogP contribution in [-0.2, 0) is 0 Å². The Morgan fingerprint density at radius 2 is 1.81 bits per heavy atom. The van der Waals surface area contributed by atoms with Crippen molar-refractivity contribution < 1.29 is 14.6 Å². The molecule has 0 amide bonds. The molecule has 0 saturated heterocycles. The summed E-state index contributed by atoms with van der Waals surface area (Å²) in [5.41, 5.74) is 0.380. The molecule has 0 saturated carbocycles. The Balaban J connectivity index is 2.33. The summed E-state index contributed by atoms with van der Waals surface area (Å²) >= 11 is 3.00. The largest absolute Gasteiger partial charge is 0.497 e. The third-order valence-electron chi connectivity index (χ3n) is 2.79. The summed E-state index contributed by atoms with van der Waals surface area (Å²) in [4.78, 5) is 14.1. The first kappa shape index (κ1) is 15.8. The van der Waals surface area contributed by atoms with Gasteiger partial charge in [0.2, 0.25) is 0 Å². The van der Waals surface area contributed by atoms with E-state index in [1.54, 1.807) is 18.9 Å². The maximum Gasteiger partial charge on any atom is 0.337 e. The molecule has 3 nitrogen and oxygen atoms in total. The fourth-order valence-corrected chi connectivity index (χ4v) is 3.72. The standard InChI is InChI=1S/C16H16O3S2/c1-3-20-13-5-4-6-14(15(13)16(17)18)21-12-9-7-11(19-2)8-10-12/h4-10H,3H2,1-2H3,(H,17,18). The lowest BCUT2D eigenvalue weighted by atomic mass is 10.2. The summed E-state index contributed by atoms with van der Waals surface area (Å²) in [5, 5.41) is 9.49. The molecule has 21 heavy (non-hydrogen) atoms. The monoisotopic (exact) mass is 320 g/mol. The van der Waals surface area contributed by atoms with E-state index in [-0.39, 0.29) is 0 Å². The molecule has 2 aromatic carbocycles. The Labute approximate surface area is 132 Å². The SMILES string of the molecule is CCSc1cccc(Sc2ccc(OC)cc2)c1C(=O)O. The summed E-state index contributed by atoms with van der Waals surface area (Å²) in [6.07, 6.45) is 0. The van der Waals surface area contributed by atoms with E-state index in [2.05, 4.69) is 0 Å². The number of methoxy groups -OCH3 is 1. The molecule has 0 aliphatic carbocycles. The van der Waals surface area contributed by atoms with Crippen LogP contribution in [0.3, 0.4) is 0 Å². The van der Waals surface area contributed by atoms with Gasteiger partial charge in [-0.3, -0.25) is 0 Å². The first-order valence-corrected chi connectivity index (χ1v) is 8.27. The van der Waals surface area contributed by atoms with Crippen molar-refractivity contribution in [3.63, 3.8) is 0 Å². The average molecular weight is 320 g/mol. The first-order valence-electron chi connectivity index (χ1n) is 6.46. The molecule has 2 rings (SSSR count). The molecule has 0 fully saturated rings. The zero-order valence-corrected chi connectivity index (χ0v) is 13.5.